The Morgan fingerprint density at radius 2 is 1.11 bits per heavy atom. The van der Waals surface area contributed by atoms with E-state index in [-0.39, 0.29) is 5.91 Å². The lowest BCUT2D eigenvalue weighted by Crippen LogP contribution is -2.46. The van der Waals surface area contributed by atoms with E-state index in [4.69, 9.17) is 4.74 Å². The maximum absolute atomic E-state index is 14.0. The van der Waals surface area contributed by atoms with Crippen LogP contribution in [0.15, 0.2) is 115 Å². The highest BCUT2D eigenvalue weighted by molar-refractivity contribution is 6.18. The highest BCUT2D eigenvalue weighted by atomic mass is 16.5. The minimum absolute atomic E-state index is 0.315. The molecule has 5 rings (SSSR count). The summed E-state index contributed by atoms with van der Waals surface area (Å²) in [7, 11) is 1.35. The van der Waals surface area contributed by atoms with Gasteiger partial charge in [-0.05, 0) is 38.7 Å². The normalized spacial score (nSPS) is 11.9. The minimum atomic E-state index is -0.921. The average molecular weight is 460 g/mol. The molecule has 0 spiro atoms. The van der Waals surface area contributed by atoms with Crippen molar-refractivity contribution in [1.82, 2.24) is 5.32 Å². The molecule has 0 saturated heterocycles. The zero-order valence-corrected chi connectivity index (χ0v) is 19.3. The summed E-state index contributed by atoms with van der Waals surface area (Å²) < 4.78 is 5.19. The lowest BCUT2D eigenvalue weighted by atomic mass is 9.84. The van der Waals surface area contributed by atoms with Crippen LogP contribution in [0.4, 0.5) is 0 Å². The van der Waals surface area contributed by atoms with E-state index in [0.29, 0.717) is 5.56 Å². The van der Waals surface area contributed by atoms with Gasteiger partial charge in [-0.2, -0.15) is 0 Å². The van der Waals surface area contributed by atoms with Crippen molar-refractivity contribution in [2.75, 3.05) is 7.11 Å². The Bertz CT molecular complexity index is 1400. The molecular weight excluding hydrogens is 434 g/mol. The number of carbonyl (C=O) groups excluding carboxylic acids is 2. The fraction of sp³-hybridized carbons (Fsp3) is 0.0968. The number of methoxy groups -OCH3 is 1. The molecule has 0 bridgehead atoms. The van der Waals surface area contributed by atoms with Crippen LogP contribution in [0.25, 0.3) is 21.5 Å². The van der Waals surface area contributed by atoms with Crippen LogP contribution >= 0.6 is 0 Å². The average Bonchev–Trinajstić information content (AvgIpc) is 2.92. The number of ether oxygens (including phenoxy) is 1. The predicted molar refractivity (Wildman–Crippen MR) is 139 cm³/mol. The van der Waals surface area contributed by atoms with E-state index >= 15 is 0 Å². The van der Waals surface area contributed by atoms with Crippen molar-refractivity contribution in [3.05, 3.63) is 132 Å². The summed E-state index contributed by atoms with van der Waals surface area (Å²) in [5, 5.41) is 6.66. The topological polar surface area (TPSA) is 55.4 Å². The monoisotopic (exact) mass is 459 g/mol. The largest absolute Gasteiger partial charge is 0.467 e. The van der Waals surface area contributed by atoms with Crippen molar-refractivity contribution in [3.63, 3.8) is 0 Å². The van der Waals surface area contributed by atoms with E-state index in [1.165, 1.54) is 7.11 Å². The van der Waals surface area contributed by atoms with Crippen LogP contribution in [0.1, 0.15) is 27.4 Å². The Kier molecular flexibility index (Phi) is 6.27. The summed E-state index contributed by atoms with van der Waals surface area (Å²) in [6.07, 6.45) is 0. The third-order valence-electron chi connectivity index (χ3n) is 6.39. The maximum Gasteiger partial charge on any atom is 0.329 e. The molecular formula is C31H25NO3. The highest BCUT2D eigenvalue weighted by Crippen LogP contribution is 2.31. The lowest BCUT2D eigenvalue weighted by Gasteiger charge is -2.27. The molecule has 0 aliphatic carbocycles. The number of nitrogens with one attached hydrogen (secondary N) is 1. The molecule has 5 aromatic rings. The fourth-order valence-electron chi connectivity index (χ4n) is 4.78. The molecule has 1 amide bonds. The molecule has 5 aromatic carbocycles. The summed E-state index contributed by atoms with van der Waals surface area (Å²) in [6.45, 7) is 0. The molecule has 1 N–H and O–H groups in total. The summed E-state index contributed by atoms with van der Waals surface area (Å²) in [5.74, 6) is -1.24. The maximum atomic E-state index is 14.0. The molecule has 0 radical (unpaired) electrons. The van der Waals surface area contributed by atoms with Gasteiger partial charge in [-0.25, -0.2) is 4.79 Å². The Labute approximate surface area is 204 Å². The van der Waals surface area contributed by atoms with Gasteiger partial charge >= 0.3 is 5.97 Å². The van der Waals surface area contributed by atoms with E-state index in [1.807, 2.05) is 109 Å². The number of rotatable bonds is 6. The van der Waals surface area contributed by atoms with Gasteiger partial charge in [0.05, 0.1) is 12.7 Å². The summed E-state index contributed by atoms with van der Waals surface area (Å²) in [4.78, 5) is 27.1. The molecule has 0 aromatic heterocycles. The fourth-order valence-corrected chi connectivity index (χ4v) is 4.78. The van der Waals surface area contributed by atoms with E-state index in [0.717, 1.165) is 32.7 Å². The first-order chi connectivity index (χ1) is 17.2. The van der Waals surface area contributed by atoms with Gasteiger partial charge in [0.1, 0.15) is 6.04 Å². The van der Waals surface area contributed by atoms with Crippen LogP contribution in [-0.4, -0.2) is 25.0 Å². The molecule has 4 heteroatoms. The standard InChI is InChI=1S/C31H25NO3/c1-35-31(34)29(27(21-12-4-2-5-13-21)22-14-6-3-7-15-22)32-30(33)28-25-18-10-8-16-23(25)20-24-17-9-11-19-26(24)28/h2-20,27,29H,1H3,(H,32,33)/t29-/m1/s1. The van der Waals surface area contributed by atoms with Gasteiger partial charge in [0, 0.05) is 5.92 Å². The van der Waals surface area contributed by atoms with Crippen molar-refractivity contribution in [3.8, 4) is 0 Å². The van der Waals surface area contributed by atoms with Crippen LogP contribution in [0.5, 0.6) is 0 Å². The molecule has 0 heterocycles. The zero-order chi connectivity index (χ0) is 24.2. The number of hydrogen-bond acceptors (Lipinski definition) is 3. The van der Waals surface area contributed by atoms with Gasteiger partial charge in [0.25, 0.3) is 5.91 Å². The van der Waals surface area contributed by atoms with Crippen molar-refractivity contribution >= 4 is 33.4 Å². The van der Waals surface area contributed by atoms with Crippen LogP contribution in [0, 0.1) is 0 Å². The molecule has 0 aliphatic heterocycles. The number of amides is 1. The van der Waals surface area contributed by atoms with Gasteiger partial charge < -0.3 is 10.1 Å². The molecule has 0 aliphatic rings. The molecule has 0 unspecified atom stereocenters. The summed E-state index contributed by atoms with van der Waals surface area (Å²) >= 11 is 0. The molecule has 0 saturated carbocycles. The van der Waals surface area contributed by atoms with Gasteiger partial charge in [-0.1, -0.05) is 109 Å². The minimum Gasteiger partial charge on any atom is -0.467 e. The second-order valence-electron chi connectivity index (χ2n) is 8.47. The van der Waals surface area contributed by atoms with Crippen molar-refractivity contribution < 1.29 is 14.3 Å². The van der Waals surface area contributed by atoms with E-state index in [1.54, 1.807) is 0 Å². The van der Waals surface area contributed by atoms with Crippen molar-refractivity contribution in [1.29, 1.82) is 0 Å². The van der Waals surface area contributed by atoms with Crippen LogP contribution in [0.3, 0.4) is 0 Å². The van der Waals surface area contributed by atoms with Gasteiger partial charge in [-0.15, -0.1) is 0 Å². The second-order valence-corrected chi connectivity index (χ2v) is 8.47. The Hall–Kier alpha value is -4.44. The highest BCUT2D eigenvalue weighted by Gasteiger charge is 2.34. The van der Waals surface area contributed by atoms with E-state index in [2.05, 4.69) is 11.4 Å². The number of esters is 1. The number of fused-ring (bicyclic) bond motifs is 2. The van der Waals surface area contributed by atoms with Crippen molar-refractivity contribution in [2.45, 2.75) is 12.0 Å². The molecule has 1 atom stereocenters. The first-order valence-corrected chi connectivity index (χ1v) is 11.6. The lowest BCUT2D eigenvalue weighted by molar-refractivity contribution is -0.143. The second kappa shape index (κ2) is 9.82. The Morgan fingerprint density at radius 3 is 1.60 bits per heavy atom. The quantitative estimate of drug-likeness (QED) is 0.247. The Balaban J connectivity index is 1.65. The first-order valence-electron chi connectivity index (χ1n) is 11.6. The molecule has 0 fully saturated rings. The van der Waals surface area contributed by atoms with Gasteiger partial charge in [0.2, 0.25) is 0 Å². The molecule has 4 nitrogen and oxygen atoms in total. The molecule has 35 heavy (non-hydrogen) atoms. The number of hydrogen-bond donors (Lipinski definition) is 1. The third-order valence-corrected chi connectivity index (χ3v) is 6.39. The summed E-state index contributed by atoms with van der Waals surface area (Å²) in [6, 6.07) is 36.2. The van der Waals surface area contributed by atoms with Crippen LogP contribution < -0.4 is 5.32 Å². The van der Waals surface area contributed by atoms with E-state index < -0.39 is 17.9 Å². The molecule has 172 valence electrons. The SMILES string of the molecule is COC(=O)[C@H](NC(=O)c1c2ccccc2cc2ccccc12)C(c1ccccc1)c1ccccc1. The third kappa shape index (κ3) is 4.38. The number of benzene rings is 5. The van der Waals surface area contributed by atoms with Crippen molar-refractivity contribution in [2.24, 2.45) is 0 Å². The zero-order valence-electron chi connectivity index (χ0n) is 19.3. The van der Waals surface area contributed by atoms with Gasteiger partial charge in [0.15, 0.2) is 0 Å². The Morgan fingerprint density at radius 1 is 0.657 bits per heavy atom. The smallest absolute Gasteiger partial charge is 0.329 e. The summed E-state index contributed by atoms with van der Waals surface area (Å²) in [5.41, 5.74) is 2.38. The van der Waals surface area contributed by atoms with E-state index in [9.17, 15) is 9.59 Å². The van der Waals surface area contributed by atoms with Crippen LogP contribution in [0.2, 0.25) is 0 Å². The van der Waals surface area contributed by atoms with Gasteiger partial charge in [-0.3, -0.25) is 4.79 Å². The van der Waals surface area contributed by atoms with Crippen LogP contribution in [-0.2, 0) is 9.53 Å². The first kappa shape index (κ1) is 22.4. The number of carbonyl (C=O) groups is 2. The predicted octanol–water partition coefficient (Wildman–Crippen LogP) is 6.10.